The molecule has 4 rings (SSSR count). The summed E-state index contributed by atoms with van der Waals surface area (Å²) in [6.45, 7) is 16.4. The van der Waals surface area contributed by atoms with Gasteiger partial charge in [0.05, 0.1) is 0 Å². The summed E-state index contributed by atoms with van der Waals surface area (Å²) in [6.07, 6.45) is 0. The van der Waals surface area contributed by atoms with Crippen LogP contribution in [0.1, 0.15) is 33.4 Å². The number of rotatable bonds is 5. The van der Waals surface area contributed by atoms with Crippen LogP contribution in [0.25, 0.3) is 0 Å². The van der Waals surface area contributed by atoms with Crippen LogP contribution >= 0.6 is 0 Å². The molecule has 0 spiro atoms. The Morgan fingerprint density at radius 1 is 0.485 bits per heavy atom. The van der Waals surface area contributed by atoms with Gasteiger partial charge in [-0.2, -0.15) is 0 Å². The van der Waals surface area contributed by atoms with E-state index in [1.165, 1.54) is 43.8 Å². The maximum absolute atomic E-state index is 2.63. The monoisotopic (exact) mass is 463 g/mol. The van der Waals surface area contributed by atoms with Gasteiger partial charge in [0, 0.05) is 0 Å². The highest BCUT2D eigenvalue weighted by molar-refractivity contribution is 7.51. The van der Waals surface area contributed by atoms with Gasteiger partial charge in [-0.25, -0.2) is 0 Å². The fourth-order valence-corrected chi connectivity index (χ4v) is 19.6. The number of hydrogen-bond donors (Lipinski definition) is 0. The third kappa shape index (κ3) is 4.30. The van der Waals surface area contributed by atoms with Crippen LogP contribution in [0, 0.1) is 41.5 Å². The summed E-state index contributed by atoms with van der Waals surface area (Å²) in [7, 11) is -3.33. The molecule has 33 heavy (non-hydrogen) atoms. The summed E-state index contributed by atoms with van der Waals surface area (Å²) in [5, 5.41) is 6.29. The van der Waals surface area contributed by atoms with Crippen LogP contribution in [-0.4, -0.2) is 15.9 Å². The van der Waals surface area contributed by atoms with Crippen LogP contribution in [0.15, 0.2) is 84.9 Å². The zero-order valence-electron chi connectivity index (χ0n) is 21.1. The van der Waals surface area contributed by atoms with Crippen LogP contribution < -0.4 is 20.7 Å². The van der Waals surface area contributed by atoms with Gasteiger partial charge in [0.2, 0.25) is 0 Å². The van der Waals surface area contributed by atoms with Gasteiger partial charge < -0.3 is 0 Å². The molecule has 167 valence electrons. The Bertz CT molecular complexity index is 1130. The van der Waals surface area contributed by atoms with Crippen molar-refractivity contribution in [3.63, 3.8) is 0 Å². The second-order valence-electron chi connectivity index (χ2n) is 9.78. The topological polar surface area (TPSA) is 0 Å². The minimum Gasteiger partial charge on any atom is -0.0630 e. The van der Waals surface area contributed by atoms with Gasteiger partial charge in [-0.15, -0.1) is 0 Å². The van der Waals surface area contributed by atoms with Crippen molar-refractivity contribution in [1.29, 1.82) is 0 Å². The minimum absolute atomic E-state index is 1.16. The molecule has 0 aliphatic rings. The normalized spacial score (nSPS) is 11.8. The average molecular weight is 464 g/mol. The van der Waals surface area contributed by atoms with Crippen molar-refractivity contribution in [3.05, 3.63) is 118 Å². The SMILES string of the molecule is Cc1cc(C)c([Si](c2c(C)cc(C)cc2C)[Si](C)(c2ccccc2)c2ccccc2)c(C)c1. The van der Waals surface area contributed by atoms with Crippen molar-refractivity contribution < 1.29 is 0 Å². The first-order valence-corrected chi connectivity index (χ1v) is 16.9. The first kappa shape index (κ1) is 23.5. The molecule has 0 saturated heterocycles. The maximum Gasteiger partial charge on any atom is 0.124 e. The van der Waals surface area contributed by atoms with Gasteiger partial charge in [-0.1, -0.05) is 146 Å². The van der Waals surface area contributed by atoms with E-state index in [1.807, 2.05) is 0 Å². The fraction of sp³-hybridized carbons (Fsp3) is 0.226. The highest BCUT2D eigenvalue weighted by Gasteiger charge is 2.45. The summed E-state index contributed by atoms with van der Waals surface area (Å²) < 4.78 is 0. The summed E-state index contributed by atoms with van der Waals surface area (Å²) in [5.41, 5.74) is 8.51. The Balaban J connectivity index is 2.17. The van der Waals surface area contributed by atoms with Gasteiger partial charge in [0.25, 0.3) is 0 Å². The Morgan fingerprint density at radius 3 is 1.09 bits per heavy atom. The molecule has 0 heterocycles. The van der Waals surface area contributed by atoms with Crippen LogP contribution in [0.4, 0.5) is 0 Å². The van der Waals surface area contributed by atoms with E-state index in [2.05, 4.69) is 133 Å². The van der Waals surface area contributed by atoms with Gasteiger partial charge in [0.1, 0.15) is 15.9 Å². The lowest BCUT2D eigenvalue weighted by atomic mass is 10.1. The third-order valence-corrected chi connectivity index (χ3v) is 19.8. The lowest BCUT2D eigenvalue weighted by molar-refractivity contribution is 1.34. The van der Waals surface area contributed by atoms with Gasteiger partial charge >= 0.3 is 0 Å². The second-order valence-corrected chi connectivity index (χ2v) is 19.4. The highest BCUT2D eigenvalue weighted by Crippen LogP contribution is 2.19. The molecule has 0 fully saturated rings. The summed E-state index contributed by atoms with van der Waals surface area (Å²) in [6, 6.07) is 32.4. The van der Waals surface area contributed by atoms with Gasteiger partial charge in [-0.05, 0) is 41.5 Å². The predicted molar refractivity (Wildman–Crippen MR) is 150 cm³/mol. The van der Waals surface area contributed by atoms with Crippen molar-refractivity contribution >= 4 is 36.7 Å². The molecule has 0 bridgehead atoms. The molecule has 0 atom stereocenters. The van der Waals surface area contributed by atoms with E-state index in [-0.39, 0.29) is 0 Å². The molecule has 2 heteroatoms. The molecule has 0 aliphatic carbocycles. The maximum atomic E-state index is 2.63. The van der Waals surface area contributed by atoms with Crippen molar-refractivity contribution in [2.24, 2.45) is 0 Å². The standard InChI is InChI=1S/C31H35Si2/c1-22-18-24(3)30(25(4)19-22)32(31-26(5)20-23(2)21-27(31)6)33(7,28-14-10-8-11-15-28)29-16-12-9-13-17-29/h8-21H,1-7H3. The molecule has 0 aliphatic heterocycles. The van der Waals surface area contributed by atoms with Gasteiger partial charge in [0.15, 0.2) is 0 Å². The molecule has 4 aromatic carbocycles. The second kappa shape index (κ2) is 9.28. The van der Waals surface area contributed by atoms with E-state index >= 15 is 0 Å². The first-order valence-electron chi connectivity index (χ1n) is 11.9. The zero-order chi connectivity index (χ0) is 23.8. The number of aryl methyl sites for hydroxylation is 6. The lowest BCUT2D eigenvalue weighted by Crippen LogP contribution is -2.76. The lowest BCUT2D eigenvalue weighted by Gasteiger charge is -2.39. The smallest absolute Gasteiger partial charge is 0.0630 e. The third-order valence-electron chi connectivity index (χ3n) is 7.06. The largest absolute Gasteiger partial charge is 0.124 e. The molecule has 1 radical (unpaired) electrons. The molecule has 0 nitrogen and oxygen atoms in total. The van der Waals surface area contributed by atoms with E-state index in [4.69, 9.17) is 0 Å². The molecular formula is C31H35Si2. The molecule has 0 unspecified atom stereocenters. The minimum atomic E-state index is -2.17. The summed E-state index contributed by atoms with van der Waals surface area (Å²) >= 11 is 0. The average Bonchev–Trinajstić information content (AvgIpc) is 2.77. The van der Waals surface area contributed by atoms with Crippen molar-refractivity contribution in [2.45, 2.75) is 48.1 Å². The van der Waals surface area contributed by atoms with E-state index < -0.39 is 15.9 Å². The van der Waals surface area contributed by atoms with Crippen molar-refractivity contribution in [2.75, 3.05) is 0 Å². The first-order chi connectivity index (χ1) is 15.7. The Morgan fingerprint density at radius 2 is 0.788 bits per heavy atom. The Labute approximate surface area is 202 Å². The molecule has 0 amide bonds. The number of benzene rings is 4. The van der Waals surface area contributed by atoms with E-state index in [0.29, 0.717) is 0 Å². The van der Waals surface area contributed by atoms with Crippen LogP contribution in [-0.2, 0) is 0 Å². The molecule has 0 aromatic heterocycles. The highest BCUT2D eigenvalue weighted by atomic mass is 29.2. The van der Waals surface area contributed by atoms with Crippen molar-refractivity contribution in [3.8, 4) is 0 Å². The van der Waals surface area contributed by atoms with E-state index in [1.54, 1.807) is 10.4 Å². The number of hydrogen-bond acceptors (Lipinski definition) is 0. The Kier molecular flexibility index (Phi) is 6.60. The zero-order valence-corrected chi connectivity index (χ0v) is 23.1. The molecule has 0 saturated carbocycles. The van der Waals surface area contributed by atoms with Gasteiger partial charge in [-0.3, -0.25) is 0 Å². The van der Waals surface area contributed by atoms with E-state index in [0.717, 1.165) is 0 Å². The molecular weight excluding hydrogens is 429 g/mol. The molecule has 4 aromatic rings. The van der Waals surface area contributed by atoms with Crippen LogP contribution in [0.2, 0.25) is 6.55 Å². The summed E-state index contributed by atoms with van der Waals surface area (Å²) in [4.78, 5) is 0. The van der Waals surface area contributed by atoms with Crippen molar-refractivity contribution in [1.82, 2.24) is 0 Å². The predicted octanol–water partition coefficient (Wildman–Crippen LogP) is 5.12. The quantitative estimate of drug-likeness (QED) is 0.361. The summed E-state index contributed by atoms with van der Waals surface area (Å²) in [5.74, 6) is 0. The van der Waals surface area contributed by atoms with Crippen LogP contribution in [0.5, 0.6) is 0 Å². The fourth-order valence-electron chi connectivity index (χ4n) is 5.77. The molecule has 0 N–H and O–H groups in total. The van der Waals surface area contributed by atoms with Crippen LogP contribution in [0.3, 0.4) is 0 Å². The van der Waals surface area contributed by atoms with E-state index in [9.17, 15) is 0 Å². The Hall–Kier alpha value is -2.69.